The minimum Gasteiger partial charge on any atom is -0.341 e. The lowest BCUT2D eigenvalue weighted by atomic mass is 9.87. The summed E-state index contributed by atoms with van der Waals surface area (Å²) in [5.74, 6) is -0.0197. The predicted molar refractivity (Wildman–Crippen MR) is 98.4 cm³/mol. The van der Waals surface area contributed by atoms with Gasteiger partial charge in [0.2, 0.25) is 5.91 Å². The van der Waals surface area contributed by atoms with Crippen molar-refractivity contribution in [2.45, 2.75) is 39.2 Å². The van der Waals surface area contributed by atoms with Crippen LogP contribution in [0.5, 0.6) is 0 Å². The second kappa shape index (κ2) is 7.47. The monoisotopic (exact) mass is 340 g/mol. The highest BCUT2D eigenvalue weighted by atomic mass is 16.6. The summed E-state index contributed by atoms with van der Waals surface area (Å²) in [6, 6.07) is 14.4. The first-order chi connectivity index (χ1) is 11.7. The molecule has 0 heterocycles. The van der Waals surface area contributed by atoms with Crippen LogP contribution in [0.15, 0.2) is 48.5 Å². The Morgan fingerprint density at radius 2 is 1.52 bits per heavy atom. The first-order valence-electron chi connectivity index (χ1n) is 8.23. The topological polar surface area (TPSA) is 63.5 Å². The van der Waals surface area contributed by atoms with Crippen molar-refractivity contribution in [2.75, 3.05) is 7.05 Å². The van der Waals surface area contributed by atoms with E-state index in [1.807, 2.05) is 0 Å². The van der Waals surface area contributed by atoms with Crippen LogP contribution < -0.4 is 0 Å². The number of nitro groups is 1. The minimum atomic E-state index is -0.445. The van der Waals surface area contributed by atoms with Crippen LogP contribution in [-0.2, 0) is 23.2 Å². The van der Waals surface area contributed by atoms with Gasteiger partial charge in [-0.25, -0.2) is 0 Å². The number of nitrogens with zero attached hydrogens (tertiary/aromatic N) is 2. The van der Waals surface area contributed by atoms with Gasteiger partial charge in [0.1, 0.15) is 0 Å². The van der Waals surface area contributed by atoms with Crippen molar-refractivity contribution in [1.29, 1.82) is 0 Å². The second-order valence-electron chi connectivity index (χ2n) is 7.30. The van der Waals surface area contributed by atoms with Crippen molar-refractivity contribution in [3.63, 3.8) is 0 Å². The standard InChI is InChI=1S/C20H24N2O3/c1-20(2,3)17-9-5-16(6-10-17)14-21(4)19(23)13-15-7-11-18(12-8-15)22(24)25/h5-12H,13-14H2,1-4H3. The Morgan fingerprint density at radius 3 is 2.00 bits per heavy atom. The van der Waals surface area contributed by atoms with E-state index in [9.17, 15) is 14.9 Å². The summed E-state index contributed by atoms with van der Waals surface area (Å²) >= 11 is 0. The van der Waals surface area contributed by atoms with Gasteiger partial charge in [0.05, 0.1) is 11.3 Å². The summed E-state index contributed by atoms with van der Waals surface area (Å²) in [6.45, 7) is 7.04. The summed E-state index contributed by atoms with van der Waals surface area (Å²) in [5.41, 5.74) is 3.24. The van der Waals surface area contributed by atoms with Crippen LogP contribution in [0.3, 0.4) is 0 Å². The summed E-state index contributed by atoms with van der Waals surface area (Å²) in [4.78, 5) is 24.2. The Bertz CT molecular complexity index is 744. The van der Waals surface area contributed by atoms with Crippen molar-refractivity contribution in [3.8, 4) is 0 Å². The average molecular weight is 340 g/mol. The highest BCUT2D eigenvalue weighted by Gasteiger charge is 2.14. The maximum Gasteiger partial charge on any atom is 0.269 e. The second-order valence-corrected chi connectivity index (χ2v) is 7.30. The van der Waals surface area contributed by atoms with E-state index in [2.05, 4.69) is 45.0 Å². The van der Waals surface area contributed by atoms with E-state index in [4.69, 9.17) is 0 Å². The molecule has 0 fully saturated rings. The molecule has 0 unspecified atom stereocenters. The highest BCUT2D eigenvalue weighted by Crippen LogP contribution is 2.22. The number of rotatable bonds is 5. The molecule has 0 N–H and O–H groups in total. The summed E-state index contributed by atoms with van der Waals surface area (Å²) in [7, 11) is 1.77. The molecule has 2 aromatic rings. The predicted octanol–water partition coefficient (Wildman–Crippen LogP) is 4.09. The van der Waals surface area contributed by atoms with Crippen LogP contribution >= 0.6 is 0 Å². The van der Waals surface area contributed by atoms with Crippen LogP contribution in [0, 0.1) is 10.1 Å². The van der Waals surface area contributed by atoms with E-state index < -0.39 is 4.92 Å². The molecule has 0 aliphatic carbocycles. The number of amides is 1. The third-order valence-electron chi connectivity index (χ3n) is 4.17. The Kier molecular flexibility index (Phi) is 5.57. The lowest BCUT2D eigenvalue weighted by Crippen LogP contribution is -2.27. The van der Waals surface area contributed by atoms with Crippen molar-refractivity contribution < 1.29 is 9.72 Å². The minimum absolute atomic E-state index is 0.0197. The molecule has 5 nitrogen and oxygen atoms in total. The summed E-state index contributed by atoms with van der Waals surface area (Å²) in [5, 5.41) is 10.7. The van der Waals surface area contributed by atoms with E-state index in [-0.39, 0.29) is 23.4 Å². The third-order valence-corrected chi connectivity index (χ3v) is 4.17. The van der Waals surface area contributed by atoms with E-state index in [1.165, 1.54) is 17.7 Å². The van der Waals surface area contributed by atoms with Gasteiger partial charge in [0.15, 0.2) is 0 Å². The molecule has 0 saturated heterocycles. The van der Waals surface area contributed by atoms with Gasteiger partial charge >= 0.3 is 0 Å². The van der Waals surface area contributed by atoms with E-state index in [1.54, 1.807) is 24.1 Å². The van der Waals surface area contributed by atoms with Gasteiger partial charge in [-0.2, -0.15) is 0 Å². The number of likely N-dealkylation sites (N-methyl/N-ethyl adjacent to an activating group) is 1. The quantitative estimate of drug-likeness (QED) is 0.608. The van der Waals surface area contributed by atoms with Gasteiger partial charge in [0, 0.05) is 25.7 Å². The molecule has 0 saturated carbocycles. The lowest BCUT2D eigenvalue weighted by Gasteiger charge is -2.21. The van der Waals surface area contributed by atoms with Crippen LogP contribution in [0.1, 0.15) is 37.5 Å². The largest absolute Gasteiger partial charge is 0.341 e. The normalized spacial score (nSPS) is 11.2. The van der Waals surface area contributed by atoms with Crippen molar-refractivity contribution in [3.05, 3.63) is 75.3 Å². The number of non-ortho nitro benzene ring substituents is 1. The third kappa shape index (κ3) is 5.14. The molecule has 2 aromatic carbocycles. The van der Waals surface area contributed by atoms with E-state index in [0.717, 1.165) is 11.1 Å². The fraction of sp³-hybridized carbons (Fsp3) is 0.350. The fourth-order valence-electron chi connectivity index (χ4n) is 2.52. The highest BCUT2D eigenvalue weighted by molar-refractivity contribution is 5.78. The zero-order valence-corrected chi connectivity index (χ0v) is 15.2. The van der Waals surface area contributed by atoms with Gasteiger partial charge in [-0.05, 0) is 22.1 Å². The number of nitro benzene ring substituents is 1. The van der Waals surface area contributed by atoms with Gasteiger partial charge in [0.25, 0.3) is 5.69 Å². The van der Waals surface area contributed by atoms with Crippen LogP contribution in [-0.4, -0.2) is 22.8 Å². The molecule has 132 valence electrons. The molecule has 1 amide bonds. The SMILES string of the molecule is CN(Cc1ccc(C(C)(C)C)cc1)C(=O)Cc1ccc([N+](=O)[O-])cc1. The molecule has 0 bridgehead atoms. The molecule has 0 radical (unpaired) electrons. The number of carbonyl (C=O) groups excluding carboxylic acids is 1. The molecular weight excluding hydrogens is 316 g/mol. The first kappa shape index (κ1) is 18.6. The molecule has 0 atom stereocenters. The molecule has 0 aromatic heterocycles. The Labute approximate surface area is 148 Å². The van der Waals surface area contributed by atoms with Gasteiger partial charge in [-0.1, -0.05) is 57.2 Å². The Morgan fingerprint density at radius 1 is 1.00 bits per heavy atom. The molecule has 2 rings (SSSR count). The maximum absolute atomic E-state index is 12.4. The Hall–Kier alpha value is -2.69. The van der Waals surface area contributed by atoms with Crippen LogP contribution in [0.2, 0.25) is 0 Å². The number of hydrogen-bond donors (Lipinski definition) is 0. The maximum atomic E-state index is 12.4. The smallest absolute Gasteiger partial charge is 0.269 e. The zero-order chi connectivity index (χ0) is 18.6. The fourth-order valence-corrected chi connectivity index (χ4v) is 2.52. The summed E-state index contributed by atoms with van der Waals surface area (Å²) < 4.78 is 0. The first-order valence-corrected chi connectivity index (χ1v) is 8.23. The molecule has 25 heavy (non-hydrogen) atoms. The van der Waals surface area contributed by atoms with E-state index >= 15 is 0 Å². The van der Waals surface area contributed by atoms with Gasteiger partial charge < -0.3 is 4.90 Å². The van der Waals surface area contributed by atoms with Crippen molar-refractivity contribution in [1.82, 2.24) is 4.90 Å². The Balaban J connectivity index is 1.96. The lowest BCUT2D eigenvalue weighted by molar-refractivity contribution is -0.384. The number of carbonyl (C=O) groups is 1. The molecule has 5 heteroatoms. The van der Waals surface area contributed by atoms with E-state index in [0.29, 0.717) is 6.54 Å². The molecular formula is C20H24N2O3. The molecule has 0 spiro atoms. The average Bonchev–Trinajstić information content (AvgIpc) is 2.55. The number of hydrogen-bond acceptors (Lipinski definition) is 3. The van der Waals surface area contributed by atoms with Crippen LogP contribution in [0.4, 0.5) is 5.69 Å². The van der Waals surface area contributed by atoms with Crippen molar-refractivity contribution >= 4 is 11.6 Å². The molecule has 0 aliphatic heterocycles. The zero-order valence-electron chi connectivity index (χ0n) is 15.2. The van der Waals surface area contributed by atoms with Crippen LogP contribution in [0.25, 0.3) is 0 Å². The summed E-state index contributed by atoms with van der Waals surface area (Å²) in [6.07, 6.45) is 0.231. The van der Waals surface area contributed by atoms with Gasteiger partial charge in [-0.15, -0.1) is 0 Å². The molecule has 0 aliphatic rings. The van der Waals surface area contributed by atoms with Crippen molar-refractivity contribution in [2.24, 2.45) is 0 Å². The number of benzene rings is 2. The van der Waals surface area contributed by atoms with Gasteiger partial charge in [-0.3, -0.25) is 14.9 Å².